The Labute approximate surface area is 158 Å². The van der Waals surface area contributed by atoms with Crippen molar-refractivity contribution in [2.24, 2.45) is 0 Å². The van der Waals surface area contributed by atoms with Crippen molar-refractivity contribution in [2.75, 3.05) is 12.3 Å². The molecule has 0 N–H and O–H groups in total. The molecule has 0 spiro atoms. The minimum Gasteiger partial charge on any atom is -0.330 e. The lowest BCUT2D eigenvalue weighted by Gasteiger charge is -2.25. The summed E-state index contributed by atoms with van der Waals surface area (Å²) < 4.78 is 0. The highest BCUT2D eigenvalue weighted by atomic mass is 32.2. The molecule has 3 aromatic rings. The van der Waals surface area contributed by atoms with Crippen molar-refractivity contribution in [3.8, 4) is 0 Å². The van der Waals surface area contributed by atoms with Crippen LogP contribution in [0.4, 0.5) is 0 Å². The summed E-state index contributed by atoms with van der Waals surface area (Å²) >= 11 is 1.80. The maximum Gasteiger partial charge on any atom is 0.254 e. The van der Waals surface area contributed by atoms with E-state index in [-0.39, 0.29) is 11.9 Å². The molecule has 0 saturated heterocycles. The normalized spacial score (nSPS) is 15.9. The number of carbonyl (C=O) groups excluding carboxylic acids is 1. The molecule has 0 radical (unpaired) electrons. The van der Waals surface area contributed by atoms with Crippen LogP contribution in [0.3, 0.4) is 0 Å². The van der Waals surface area contributed by atoms with Crippen molar-refractivity contribution in [3.05, 3.63) is 102 Å². The van der Waals surface area contributed by atoms with E-state index < -0.39 is 0 Å². The molecule has 3 aromatic carbocycles. The molecule has 130 valence electrons. The molecule has 0 fully saturated rings. The first kappa shape index (κ1) is 16.9. The fourth-order valence-electron chi connectivity index (χ4n) is 3.54. The van der Waals surface area contributed by atoms with Crippen LogP contribution in [0.2, 0.25) is 0 Å². The number of hydrogen-bond donors (Lipinski definition) is 0. The molecule has 3 heteroatoms. The van der Waals surface area contributed by atoms with E-state index in [1.807, 2.05) is 35.2 Å². The van der Waals surface area contributed by atoms with Crippen molar-refractivity contribution in [1.82, 2.24) is 4.90 Å². The zero-order valence-electron chi connectivity index (χ0n) is 14.5. The topological polar surface area (TPSA) is 20.3 Å². The molecule has 1 aliphatic heterocycles. The van der Waals surface area contributed by atoms with Gasteiger partial charge in [0, 0.05) is 22.8 Å². The molecule has 0 bridgehead atoms. The highest BCUT2D eigenvalue weighted by Crippen LogP contribution is 2.36. The van der Waals surface area contributed by atoms with Crippen LogP contribution in [0.25, 0.3) is 0 Å². The Morgan fingerprint density at radius 2 is 1.46 bits per heavy atom. The summed E-state index contributed by atoms with van der Waals surface area (Å²) in [4.78, 5) is 16.3. The van der Waals surface area contributed by atoms with Crippen LogP contribution in [0.5, 0.6) is 0 Å². The second-order valence-corrected chi connectivity index (χ2v) is 7.62. The molecule has 0 aromatic heterocycles. The monoisotopic (exact) mass is 359 g/mol. The number of thioether (sulfide) groups is 1. The Morgan fingerprint density at radius 1 is 0.808 bits per heavy atom. The van der Waals surface area contributed by atoms with E-state index in [1.165, 1.54) is 10.5 Å². The van der Waals surface area contributed by atoms with Gasteiger partial charge in [-0.2, -0.15) is 0 Å². The van der Waals surface area contributed by atoms with E-state index in [2.05, 4.69) is 54.6 Å². The maximum absolute atomic E-state index is 13.0. The maximum atomic E-state index is 13.0. The lowest BCUT2D eigenvalue weighted by Crippen LogP contribution is -2.31. The van der Waals surface area contributed by atoms with E-state index >= 15 is 0 Å². The van der Waals surface area contributed by atoms with Gasteiger partial charge >= 0.3 is 0 Å². The number of amides is 1. The summed E-state index contributed by atoms with van der Waals surface area (Å²) in [5, 5.41) is 0. The van der Waals surface area contributed by atoms with Gasteiger partial charge in [0.25, 0.3) is 5.91 Å². The Kier molecular flexibility index (Phi) is 5.07. The molecule has 1 heterocycles. The first-order chi connectivity index (χ1) is 12.8. The summed E-state index contributed by atoms with van der Waals surface area (Å²) in [6.07, 6.45) is 0.861. The fourth-order valence-corrected chi connectivity index (χ4v) is 4.41. The minimum absolute atomic E-state index is 0.123. The summed E-state index contributed by atoms with van der Waals surface area (Å²) in [6, 6.07) is 29.0. The van der Waals surface area contributed by atoms with Gasteiger partial charge < -0.3 is 4.90 Å². The first-order valence-electron chi connectivity index (χ1n) is 8.94. The highest BCUT2D eigenvalue weighted by Gasteiger charge is 2.35. The molecular formula is C23H21NOS. The molecule has 0 saturated carbocycles. The average molecular weight is 359 g/mol. The molecule has 1 atom stereocenters. The lowest BCUT2D eigenvalue weighted by molar-refractivity contribution is 0.0738. The zero-order chi connectivity index (χ0) is 17.8. The molecule has 2 nitrogen and oxygen atoms in total. The van der Waals surface area contributed by atoms with Crippen LogP contribution < -0.4 is 0 Å². The first-order valence-corrected chi connectivity index (χ1v) is 9.93. The van der Waals surface area contributed by atoms with Gasteiger partial charge in [-0.05, 0) is 35.7 Å². The van der Waals surface area contributed by atoms with Crippen LogP contribution in [0, 0.1) is 0 Å². The number of carbonyl (C=O) groups is 1. The number of nitrogens with zero attached hydrogens (tertiary/aromatic N) is 1. The third kappa shape index (κ3) is 3.54. The summed E-state index contributed by atoms with van der Waals surface area (Å²) in [5.41, 5.74) is 3.28. The van der Waals surface area contributed by atoms with Crippen molar-refractivity contribution in [2.45, 2.75) is 17.4 Å². The zero-order valence-corrected chi connectivity index (χ0v) is 15.4. The molecule has 1 amide bonds. The highest BCUT2D eigenvalue weighted by molar-refractivity contribution is 7.99. The van der Waals surface area contributed by atoms with Crippen LogP contribution in [0.15, 0.2) is 89.8 Å². The predicted octanol–water partition coefficient (Wildman–Crippen LogP) is 5.22. The van der Waals surface area contributed by atoms with E-state index in [1.54, 1.807) is 11.8 Å². The smallest absolute Gasteiger partial charge is 0.254 e. The molecule has 1 aliphatic rings. The van der Waals surface area contributed by atoms with Crippen LogP contribution in [-0.2, 0) is 6.42 Å². The molecule has 4 rings (SSSR count). The minimum atomic E-state index is 0.123. The van der Waals surface area contributed by atoms with E-state index in [0.717, 1.165) is 29.8 Å². The van der Waals surface area contributed by atoms with Crippen molar-refractivity contribution in [1.29, 1.82) is 0 Å². The SMILES string of the molecule is O=C1c2ccccc2C(Cc2ccccc2)N1CCSc1ccccc1. The Balaban J connectivity index is 1.52. The number of benzene rings is 3. The van der Waals surface area contributed by atoms with Crippen molar-refractivity contribution < 1.29 is 4.79 Å². The standard InChI is InChI=1S/C23H21NOS/c25-23-21-14-8-7-13-20(21)22(17-18-9-3-1-4-10-18)24(23)15-16-26-19-11-5-2-6-12-19/h1-14,22H,15-17H2. The molecular weight excluding hydrogens is 338 g/mol. The Hall–Kier alpha value is -2.52. The van der Waals surface area contributed by atoms with E-state index in [4.69, 9.17) is 0 Å². The van der Waals surface area contributed by atoms with Gasteiger partial charge in [0.1, 0.15) is 0 Å². The lowest BCUT2D eigenvalue weighted by atomic mass is 9.98. The van der Waals surface area contributed by atoms with Gasteiger partial charge in [0.15, 0.2) is 0 Å². The Bertz CT molecular complexity index is 879. The van der Waals surface area contributed by atoms with Gasteiger partial charge in [0.2, 0.25) is 0 Å². The fraction of sp³-hybridized carbons (Fsp3) is 0.174. The summed E-state index contributed by atoms with van der Waals surface area (Å²) in [6.45, 7) is 0.755. The Morgan fingerprint density at radius 3 is 2.23 bits per heavy atom. The van der Waals surface area contributed by atoms with E-state index in [0.29, 0.717) is 0 Å². The summed E-state index contributed by atoms with van der Waals surface area (Å²) in [7, 11) is 0. The van der Waals surface area contributed by atoms with Crippen molar-refractivity contribution in [3.63, 3.8) is 0 Å². The average Bonchev–Trinajstić information content (AvgIpc) is 2.96. The second-order valence-electron chi connectivity index (χ2n) is 6.45. The van der Waals surface area contributed by atoms with Gasteiger partial charge in [-0.3, -0.25) is 4.79 Å². The second kappa shape index (κ2) is 7.79. The number of fused-ring (bicyclic) bond motifs is 1. The molecule has 0 aliphatic carbocycles. The number of hydrogen-bond acceptors (Lipinski definition) is 2. The van der Waals surface area contributed by atoms with Gasteiger partial charge in [-0.15, -0.1) is 11.8 Å². The molecule has 26 heavy (non-hydrogen) atoms. The quantitative estimate of drug-likeness (QED) is 0.563. The van der Waals surface area contributed by atoms with Gasteiger partial charge in [0.05, 0.1) is 6.04 Å². The van der Waals surface area contributed by atoms with Gasteiger partial charge in [-0.1, -0.05) is 66.7 Å². The largest absolute Gasteiger partial charge is 0.330 e. The van der Waals surface area contributed by atoms with Crippen LogP contribution >= 0.6 is 11.8 Å². The van der Waals surface area contributed by atoms with Crippen LogP contribution in [0.1, 0.15) is 27.5 Å². The summed E-state index contributed by atoms with van der Waals surface area (Å²) in [5.74, 6) is 1.06. The third-order valence-electron chi connectivity index (χ3n) is 4.80. The predicted molar refractivity (Wildman–Crippen MR) is 108 cm³/mol. The van der Waals surface area contributed by atoms with E-state index in [9.17, 15) is 4.79 Å². The van der Waals surface area contributed by atoms with Gasteiger partial charge in [-0.25, -0.2) is 0 Å². The third-order valence-corrected chi connectivity index (χ3v) is 5.80. The van der Waals surface area contributed by atoms with Crippen LogP contribution in [-0.4, -0.2) is 23.1 Å². The number of rotatable bonds is 6. The van der Waals surface area contributed by atoms with Crippen molar-refractivity contribution >= 4 is 17.7 Å². The molecule has 1 unspecified atom stereocenters.